The normalized spacial score (nSPS) is 13.1. The molecule has 0 radical (unpaired) electrons. The molecule has 0 saturated heterocycles. The lowest BCUT2D eigenvalue weighted by Crippen LogP contribution is -2.27. The van der Waals surface area contributed by atoms with E-state index in [1.807, 2.05) is 25.1 Å². The third-order valence-electron chi connectivity index (χ3n) is 2.86. The zero-order valence-corrected chi connectivity index (χ0v) is 11.2. The molecule has 0 spiro atoms. The number of carbonyl (C=O) groups excluding carboxylic acids is 1. The van der Waals surface area contributed by atoms with Crippen molar-refractivity contribution >= 4 is 5.91 Å². The Hall–Kier alpha value is -1.65. The van der Waals surface area contributed by atoms with Crippen molar-refractivity contribution in [1.82, 2.24) is 5.32 Å². The maximum Gasteiger partial charge on any atom is 0.251 e. The molecule has 1 amide bonds. The monoisotopic (exact) mass is 261 g/mol. The van der Waals surface area contributed by atoms with Crippen LogP contribution in [0.2, 0.25) is 0 Å². The molecule has 0 fully saturated rings. The van der Waals surface area contributed by atoms with Crippen LogP contribution in [0.25, 0.3) is 0 Å². The van der Waals surface area contributed by atoms with Gasteiger partial charge in [0.1, 0.15) is 0 Å². The molecular weight excluding hydrogens is 242 g/mol. The molecule has 1 aromatic rings. The van der Waals surface area contributed by atoms with Gasteiger partial charge in [-0.2, -0.15) is 0 Å². The van der Waals surface area contributed by atoms with E-state index in [2.05, 4.69) is 11.9 Å². The Balaban J connectivity index is 1.78. The summed E-state index contributed by atoms with van der Waals surface area (Å²) in [5, 5.41) is 2.83. The molecule has 1 aromatic carbocycles. The minimum absolute atomic E-state index is 0.0753. The number of rotatable bonds is 6. The van der Waals surface area contributed by atoms with Gasteiger partial charge < -0.3 is 14.8 Å². The molecule has 0 aromatic heterocycles. The fourth-order valence-corrected chi connectivity index (χ4v) is 1.90. The Morgan fingerprint density at radius 1 is 1.42 bits per heavy atom. The molecule has 102 valence electrons. The van der Waals surface area contributed by atoms with Crippen LogP contribution in [0, 0.1) is 0 Å². The first-order chi connectivity index (χ1) is 9.16. The number of benzene rings is 1. The number of ether oxygens (including phenoxy) is 2. The predicted octanol–water partition coefficient (Wildman–Crippen LogP) is 2.04. The van der Waals surface area contributed by atoms with E-state index in [1.165, 1.54) is 5.56 Å². The molecule has 0 atom stereocenters. The highest BCUT2D eigenvalue weighted by Gasteiger charge is 2.13. The van der Waals surface area contributed by atoms with Gasteiger partial charge in [-0.15, -0.1) is 0 Å². The topological polar surface area (TPSA) is 47.6 Å². The van der Waals surface area contributed by atoms with E-state index in [9.17, 15) is 4.79 Å². The molecule has 0 saturated carbocycles. The zero-order valence-electron chi connectivity index (χ0n) is 11.2. The van der Waals surface area contributed by atoms with E-state index < -0.39 is 0 Å². The van der Waals surface area contributed by atoms with Crippen LogP contribution >= 0.6 is 0 Å². The van der Waals surface area contributed by atoms with Crippen LogP contribution in [-0.2, 0) is 22.7 Å². The van der Waals surface area contributed by atoms with Crippen LogP contribution in [0.15, 0.2) is 30.4 Å². The summed E-state index contributed by atoms with van der Waals surface area (Å²) in [5.41, 5.74) is 3.92. The summed E-state index contributed by atoms with van der Waals surface area (Å²) >= 11 is 0. The molecule has 1 aliphatic rings. The fraction of sp³-hybridized carbons (Fsp3) is 0.400. The first-order valence-electron chi connectivity index (χ1n) is 6.36. The predicted molar refractivity (Wildman–Crippen MR) is 72.9 cm³/mol. The average molecular weight is 261 g/mol. The Bertz CT molecular complexity index is 482. The first kappa shape index (κ1) is 13.8. The lowest BCUT2D eigenvalue weighted by molar-refractivity contribution is 0.0926. The molecule has 1 N–H and O–H groups in total. The van der Waals surface area contributed by atoms with Gasteiger partial charge in [-0.1, -0.05) is 18.2 Å². The molecule has 4 heteroatoms. The Morgan fingerprint density at radius 2 is 2.21 bits per heavy atom. The smallest absolute Gasteiger partial charge is 0.251 e. The lowest BCUT2D eigenvalue weighted by atomic mass is 10.1. The highest BCUT2D eigenvalue weighted by Crippen LogP contribution is 2.20. The van der Waals surface area contributed by atoms with Crippen molar-refractivity contribution < 1.29 is 14.3 Å². The number of carbonyl (C=O) groups is 1. The Morgan fingerprint density at radius 3 is 3.00 bits per heavy atom. The minimum Gasteiger partial charge on any atom is -0.375 e. The summed E-state index contributed by atoms with van der Waals surface area (Å²) < 4.78 is 10.6. The Kier molecular flexibility index (Phi) is 4.71. The summed E-state index contributed by atoms with van der Waals surface area (Å²) in [6.45, 7) is 8.42. The largest absolute Gasteiger partial charge is 0.375 e. The van der Waals surface area contributed by atoms with E-state index in [0.29, 0.717) is 38.5 Å². The van der Waals surface area contributed by atoms with E-state index >= 15 is 0 Å². The molecule has 2 rings (SSSR count). The first-order valence-corrected chi connectivity index (χ1v) is 6.36. The molecule has 0 unspecified atom stereocenters. The molecule has 0 bridgehead atoms. The third kappa shape index (κ3) is 3.91. The summed E-state index contributed by atoms with van der Waals surface area (Å²) in [6, 6.07) is 5.68. The van der Waals surface area contributed by atoms with Gasteiger partial charge in [0.25, 0.3) is 5.91 Å². The Labute approximate surface area is 113 Å². The number of hydrogen-bond acceptors (Lipinski definition) is 3. The number of hydrogen-bond donors (Lipinski definition) is 1. The van der Waals surface area contributed by atoms with Crippen molar-refractivity contribution in [3.63, 3.8) is 0 Å². The summed E-state index contributed by atoms with van der Waals surface area (Å²) in [4.78, 5) is 11.9. The van der Waals surface area contributed by atoms with Crippen LogP contribution < -0.4 is 5.32 Å². The van der Waals surface area contributed by atoms with Crippen molar-refractivity contribution in [3.8, 4) is 0 Å². The van der Waals surface area contributed by atoms with E-state index in [1.54, 1.807) is 0 Å². The second-order valence-electron chi connectivity index (χ2n) is 4.74. The van der Waals surface area contributed by atoms with Crippen molar-refractivity contribution in [1.29, 1.82) is 0 Å². The number of amides is 1. The van der Waals surface area contributed by atoms with Gasteiger partial charge in [0, 0.05) is 12.1 Å². The quantitative estimate of drug-likeness (QED) is 0.629. The highest BCUT2D eigenvalue weighted by molar-refractivity contribution is 5.94. The van der Waals surface area contributed by atoms with E-state index in [-0.39, 0.29) is 5.91 Å². The van der Waals surface area contributed by atoms with Crippen LogP contribution in [0.5, 0.6) is 0 Å². The number of fused-ring (bicyclic) bond motifs is 1. The van der Waals surface area contributed by atoms with Gasteiger partial charge in [0.15, 0.2) is 0 Å². The third-order valence-corrected chi connectivity index (χ3v) is 2.86. The van der Waals surface area contributed by atoms with Gasteiger partial charge in [-0.3, -0.25) is 4.79 Å². The summed E-state index contributed by atoms with van der Waals surface area (Å²) in [7, 11) is 0. The van der Waals surface area contributed by atoms with Gasteiger partial charge >= 0.3 is 0 Å². The van der Waals surface area contributed by atoms with Crippen molar-refractivity contribution in [2.75, 3.05) is 19.8 Å². The lowest BCUT2D eigenvalue weighted by Gasteiger charge is -2.07. The van der Waals surface area contributed by atoms with E-state index in [0.717, 1.165) is 11.1 Å². The molecule has 19 heavy (non-hydrogen) atoms. The second-order valence-corrected chi connectivity index (χ2v) is 4.74. The fourth-order valence-electron chi connectivity index (χ4n) is 1.90. The summed E-state index contributed by atoms with van der Waals surface area (Å²) in [5.74, 6) is -0.0753. The zero-order chi connectivity index (χ0) is 13.7. The molecule has 4 nitrogen and oxygen atoms in total. The van der Waals surface area contributed by atoms with Crippen molar-refractivity contribution in [3.05, 3.63) is 47.0 Å². The molecule has 1 heterocycles. The van der Waals surface area contributed by atoms with E-state index in [4.69, 9.17) is 9.47 Å². The van der Waals surface area contributed by atoms with Crippen LogP contribution in [0.4, 0.5) is 0 Å². The van der Waals surface area contributed by atoms with Gasteiger partial charge in [-0.25, -0.2) is 0 Å². The molecule has 0 aliphatic carbocycles. The SMILES string of the molecule is C=C(C)COCCNC(=O)c1ccc2c(c1)COC2. The van der Waals surface area contributed by atoms with Crippen LogP contribution in [-0.4, -0.2) is 25.7 Å². The van der Waals surface area contributed by atoms with Crippen molar-refractivity contribution in [2.24, 2.45) is 0 Å². The maximum absolute atomic E-state index is 11.9. The summed E-state index contributed by atoms with van der Waals surface area (Å²) in [6.07, 6.45) is 0. The van der Waals surface area contributed by atoms with Crippen LogP contribution in [0.1, 0.15) is 28.4 Å². The molecule has 1 aliphatic heterocycles. The number of nitrogens with one attached hydrogen (secondary N) is 1. The van der Waals surface area contributed by atoms with Crippen molar-refractivity contribution in [2.45, 2.75) is 20.1 Å². The second kappa shape index (κ2) is 6.50. The average Bonchev–Trinajstić information content (AvgIpc) is 2.84. The van der Waals surface area contributed by atoms with Gasteiger partial charge in [0.2, 0.25) is 0 Å². The van der Waals surface area contributed by atoms with Gasteiger partial charge in [-0.05, 0) is 30.2 Å². The van der Waals surface area contributed by atoms with Gasteiger partial charge in [0.05, 0.1) is 26.4 Å². The van der Waals surface area contributed by atoms with Crippen LogP contribution in [0.3, 0.4) is 0 Å². The maximum atomic E-state index is 11.9. The highest BCUT2D eigenvalue weighted by atomic mass is 16.5. The molecular formula is C15H19NO3. The minimum atomic E-state index is -0.0753. The standard InChI is InChI=1S/C15H19NO3/c1-11(2)8-18-6-5-16-15(17)12-3-4-13-9-19-10-14(13)7-12/h3-4,7H,1,5-6,8-10H2,2H3,(H,16,17).